The van der Waals surface area contributed by atoms with Crippen LogP contribution in [0.2, 0.25) is 0 Å². The summed E-state index contributed by atoms with van der Waals surface area (Å²) in [5, 5.41) is 27.8. The van der Waals surface area contributed by atoms with Gasteiger partial charge in [-0.15, -0.1) is 5.01 Å². The Kier molecular flexibility index (Phi) is 5.14. The van der Waals surface area contributed by atoms with Crippen LogP contribution in [0.25, 0.3) is 0 Å². The SMILES string of the molecule is CN(/[N+]([O-])=N/OC1CCC(O)(c2ccccc2)CC1)C(C)(C)C. The van der Waals surface area contributed by atoms with Crippen molar-refractivity contribution in [1.82, 2.24) is 5.01 Å². The predicted octanol–water partition coefficient (Wildman–Crippen LogP) is 3.36. The summed E-state index contributed by atoms with van der Waals surface area (Å²) < 4.78 is 0. The summed E-state index contributed by atoms with van der Waals surface area (Å²) in [6.07, 6.45) is 2.41. The molecule has 0 atom stereocenters. The van der Waals surface area contributed by atoms with Gasteiger partial charge in [0.05, 0.1) is 23.2 Å². The molecular formula is C17H27N3O3. The van der Waals surface area contributed by atoms with Crippen molar-refractivity contribution in [2.75, 3.05) is 7.05 Å². The van der Waals surface area contributed by atoms with E-state index in [2.05, 4.69) is 5.28 Å². The van der Waals surface area contributed by atoms with Gasteiger partial charge in [0.2, 0.25) is 5.28 Å². The van der Waals surface area contributed by atoms with Crippen molar-refractivity contribution >= 4 is 0 Å². The van der Waals surface area contributed by atoms with Crippen LogP contribution in [0.4, 0.5) is 0 Å². The van der Waals surface area contributed by atoms with Crippen molar-refractivity contribution in [1.29, 1.82) is 0 Å². The zero-order valence-corrected chi connectivity index (χ0v) is 14.4. The van der Waals surface area contributed by atoms with E-state index in [0.717, 1.165) is 5.56 Å². The molecule has 2 rings (SSSR count). The molecule has 6 nitrogen and oxygen atoms in total. The highest BCUT2D eigenvalue weighted by Gasteiger charge is 2.36. The maximum Gasteiger partial charge on any atom is 0.233 e. The predicted molar refractivity (Wildman–Crippen MR) is 87.3 cm³/mol. The molecule has 1 N–H and O–H groups in total. The van der Waals surface area contributed by atoms with Gasteiger partial charge in [-0.05, 0) is 52.0 Å². The fourth-order valence-corrected chi connectivity index (χ4v) is 2.63. The van der Waals surface area contributed by atoms with E-state index in [0.29, 0.717) is 30.7 Å². The van der Waals surface area contributed by atoms with E-state index in [4.69, 9.17) is 4.84 Å². The van der Waals surface area contributed by atoms with E-state index >= 15 is 0 Å². The van der Waals surface area contributed by atoms with Crippen molar-refractivity contribution in [3.63, 3.8) is 0 Å². The fourth-order valence-electron chi connectivity index (χ4n) is 2.63. The summed E-state index contributed by atoms with van der Waals surface area (Å²) in [5.74, 6) is 0. The third kappa shape index (κ3) is 4.34. The molecule has 1 aliphatic carbocycles. The Labute approximate surface area is 137 Å². The molecule has 1 aromatic rings. The Morgan fingerprint density at radius 2 is 1.83 bits per heavy atom. The minimum absolute atomic E-state index is 0.135. The Morgan fingerprint density at radius 3 is 2.35 bits per heavy atom. The minimum Gasteiger partial charge on any atom is -0.569 e. The lowest BCUT2D eigenvalue weighted by molar-refractivity contribution is -0.720. The number of hydrazine groups is 1. The van der Waals surface area contributed by atoms with E-state index in [1.54, 1.807) is 7.05 Å². The van der Waals surface area contributed by atoms with E-state index in [-0.39, 0.29) is 11.6 Å². The molecule has 0 amide bonds. The minimum atomic E-state index is -0.805. The number of rotatable bonds is 4. The Hall–Kier alpha value is -1.82. The van der Waals surface area contributed by atoms with E-state index in [1.165, 1.54) is 5.01 Å². The average molecular weight is 321 g/mol. The van der Waals surface area contributed by atoms with Crippen LogP contribution in [0.15, 0.2) is 35.6 Å². The highest BCUT2D eigenvalue weighted by Crippen LogP contribution is 2.37. The number of nitrogens with zero attached hydrogens (tertiary/aromatic N) is 3. The first kappa shape index (κ1) is 17.5. The molecule has 0 heterocycles. The van der Waals surface area contributed by atoms with E-state index in [9.17, 15) is 10.3 Å². The summed E-state index contributed by atoms with van der Waals surface area (Å²) in [4.78, 5) is 5.86. The summed E-state index contributed by atoms with van der Waals surface area (Å²) in [5.41, 5.74) is -0.192. The van der Waals surface area contributed by atoms with E-state index < -0.39 is 5.60 Å². The van der Waals surface area contributed by atoms with Crippen LogP contribution in [-0.4, -0.2) is 33.8 Å². The summed E-state index contributed by atoms with van der Waals surface area (Å²) in [7, 11) is 1.68. The molecule has 6 heteroatoms. The molecule has 0 spiro atoms. The van der Waals surface area contributed by atoms with Gasteiger partial charge in [-0.3, -0.25) is 0 Å². The van der Waals surface area contributed by atoms with Crippen LogP contribution in [0.3, 0.4) is 0 Å². The molecule has 0 bridgehead atoms. The van der Waals surface area contributed by atoms with Gasteiger partial charge in [-0.2, -0.15) is 0 Å². The maximum atomic E-state index is 11.9. The molecule has 0 aromatic heterocycles. The molecule has 0 radical (unpaired) electrons. The summed E-state index contributed by atoms with van der Waals surface area (Å²) in [6.45, 7) is 5.77. The number of hydrogen-bond donors (Lipinski definition) is 1. The second-order valence-corrected chi connectivity index (χ2v) is 7.23. The number of hydrogen-bond acceptors (Lipinski definition) is 4. The molecular weight excluding hydrogens is 294 g/mol. The Morgan fingerprint density at radius 1 is 1.26 bits per heavy atom. The fraction of sp³-hybridized carbons (Fsp3) is 0.647. The molecule has 128 valence electrons. The normalized spacial score (nSPS) is 26.0. The maximum absolute atomic E-state index is 11.9. The van der Waals surface area contributed by atoms with Gasteiger partial charge in [0, 0.05) is 0 Å². The highest BCUT2D eigenvalue weighted by atomic mass is 16.7. The van der Waals surface area contributed by atoms with Crippen molar-refractivity contribution < 1.29 is 14.9 Å². The lowest BCUT2D eigenvalue weighted by Crippen LogP contribution is -2.42. The summed E-state index contributed by atoms with van der Waals surface area (Å²) >= 11 is 0. The zero-order valence-electron chi connectivity index (χ0n) is 14.4. The quantitative estimate of drug-likeness (QED) is 0.524. The first-order valence-electron chi connectivity index (χ1n) is 8.08. The van der Waals surface area contributed by atoms with Crippen molar-refractivity contribution in [2.24, 2.45) is 5.28 Å². The van der Waals surface area contributed by atoms with Gasteiger partial charge in [-0.25, -0.2) is 0 Å². The second kappa shape index (κ2) is 6.74. The number of benzene rings is 1. The van der Waals surface area contributed by atoms with Crippen LogP contribution in [0, 0.1) is 5.21 Å². The number of aliphatic hydroxyl groups is 1. The van der Waals surface area contributed by atoms with E-state index in [1.807, 2.05) is 51.1 Å². The second-order valence-electron chi connectivity index (χ2n) is 7.23. The molecule has 0 aliphatic heterocycles. The van der Waals surface area contributed by atoms with Gasteiger partial charge >= 0.3 is 0 Å². The lowest BCUT2D eigenvalue weighted by Gasteiger charge is -2.35. The lowest BCUT2D eigenvalue weighted by atomic mass is 9.78. The molecule has 1 aromatic carbocycles. The molecule has 0 unspecified atom stereocenters. The Balaban J connectivity index is 1.90. The van der Waals surface area contributed by atoms with Gasteiger partial charge in [0.15, 0.2) is 0 Å². The molecule has 23 heavy (non-hydrogen) atoms. The van der Waals surface area contributed by atoms with Gasteiger partial charge in [0.25, 0.3) is 0 Å². The molecule has 1 fully saturated rings. The van der Waals surface area contributed by atoms with Gasteiger partial charge < -0.3 is 15.2 Å². The average Bonchev–Trinajstić information content (AvgIpc) is 2.53. The third-order valence-electron chi connectivity index (χ3n) is 4.56. The first-order chi connectivity index (χ1) is 10.7. The van der Waals surface area contributed by atoms with Crippen molar-refractivity contribution in [3.05, 3.63) is 41.1 Å². The zero-order chi connectivity index (χ0) is 17.1. The van der Waals surface area contributed by atoms with Crippen molar-refractivity contribution in [3.8, 4) is 0 Å². The molecule has 1 saturated carbocycles. The van der Waals surface area contributed by atoms with Crippen LogP contribution in [-0.2, 0) is 10.4 Å². The largest absolute Gasteiger partial charge is 0.569 e. The van der Waals surface area contributed by atoms with Crippen LogP contribution in [0.1, 0.15) is 52.0 Å². The third-order valence-corrected chi connectivity index (χ3v) is 4.56. The topological polar surface area (TPSA) is 71.1 Å². The molecule has 0 saturated heterocycles. The Bertz CT molecular complexity index is 532. The standard InChI is InChI=1S/C17H27N3O3/c1-16(2,3)19(4)20(22)18-23-15-10-12-17(21,13-11-15)14-8-6-5-7-9-14/h5-9,15,21H,10-13H2,1-4H3/b20-18-. The highest BCUT2D eigenvalue weighted by molar-refractivity contribution is 5.22. The monoisotopic (exact) mass is 321 g/mol. The summed E-state index contributed by atoms with van der Waals surface area (Å²) in [6, 6.07) is 9.70. The molecule has 1 aliphatic rings. The smallest absolute Gasteiger partial charge is 0.233 e. The van der Waals surface area contributed by atoms with Crippen LogP contribution >= 0.6 is 0 Å². The van der Waals surface area contributed by atoms with Crippen molar-refractivity contribution in [2.45, 2.75) is 63.7 Å². The van der Waals surface area contributed by atoms with Crippen LogP contribution in [0.5, 0.6) is 0 Å². The van der Waals surface area contributed by atoms with Gasteiger partial charge in [0.1, 0.15) is 6.10 Å². The van der Waals surface area contributed by atoms with Crippen LogP contribution < -0.4 is 0 Å². The first-order valence-corrected chi connectivity index (χ1v) is 8.08. The van der Waals surface area contributed by atoms with Gasteiger partial charge in [-0.1, -0.05) is 30.3 Å².